The Morgan fingerprint density at radius 1 is 1.35 bits per heavy atom. The number of nitrogens with one attached hydrogen (secondary N) is 1. The zero-order chi connectivity index (χ0) is 11.7. The SMILES string of the molecule is CC1(Oc2ccc3ncccc3c2)CCNC1. The molecule has 0 bridgehead atoms. The van der Waals surface area contributed by atoms with Crippen LogP contribution in [0.15, 0.2) is 36.5 Å². The van der Waals surface area contributed by atoms with Crippen LogP contribution in [0.2, 0.25) is 0 Å². The van der Waals surface area contributed by atoms with Crippen molar-refractivity contribution in [3.8, 4) is 5.75 Å². The Morgan fingerprint density at radius 3 is 3.12 bits per heavy atom. The predicted molar refractivity (Wildman–Crippen MR) is 68.3 cm³/mol. The molecule has 3 nitrogen and oxygen atoms in total. The first kappa shape index (κ1) is 10.5. The van der Waals surface area contributed by atoms with E-state index < -0.39 is 0 Å². The maximum atomic E-state index is 6.08. The average molecular weight is 228 g/mol. The van der Waals surface area contributed by atoms with E-state index in [0.29, 0.717) is 0 Å². The highest BCUT2D eigenvalue weighted by molar-refractivity contribution is 5.79. The molecule has 0 amide bonds. The number of fused-ring (bicyclic) bond motifs is 1. The molecule has 1 aliphatic heterocycles. The molecule has 1 unspecified atom stereocenters. The van der Waals surface area contributed by atoms with Crippen LogP contribution in [0.1, 0.15) is 13.3 Å². The van der Waals surface area contributed by atoms with E-state index in [4.69, 9.17) is 4.74 Å². The van der Waals surface area contributed by atoms with E-state index in [9.17, 15) is 0 Å². The van der Waals surface area contributed by atoms with Crippen LogP contribution >= 0.6 is 0 Å². The normalized spacial score (nSPS) is 24.1. The molecule has 1 saturated heterocycles. The van der Waals surface area contributed by atoms with Gasteiger partial charge in [0, 0.05) is 24.5 Å². The second-order valence-corrected chi connectivity index (χ2v) is 4.84. The van der Waals surface area contributed by atoms with Gasteiger partial charge in [-0.25, -0.2) is 0 Å². The number of rotatable bonds is 2. The second kappa shape index (κ2) is 4.00. The maximum absolute atomic E-state index is 6.08. The van der Waals surface area contributed by atoms with Gasteiger partial charge in [0.1, 0.15) is 11.4 Å². The number of ether oxygens (including phenoxy) is 1. The zero-order valence-electron chi connectivity index (χ0n) is 9.94. The molecule has 1 N–H and O–H groups in total. The maximum Gasteiger partial charge on any atom is 0.120 e. The summed E-state index contributed by atoms with van der Waals surface area (Å²) in [5.41, 5.74) is 0.935. The van der Waals surface area contributed by atoms with Gasteiger partial charge in [0.15, 0.2) is 0 Å². The minimum atomic E-state index is -0.0735. The molecule has 2 heterocycles. The van der Waals surface area contributed by atoms with Crippen molar-refractivity contribution in [3.63, 3.8) is 0 Å². The van der Waals surface area contributed by atoms with Crippen LogP contribution in [0.4, 0.5) is 0 Å². The number of nitrogens with zero attached hydrogens (tertiary/aromatic N) is 1. The van der Waals surface area contributed by atoms with E-state index in [1.807, 2.05) is 24.4 Å². The third-order valence-electron chi connectivity index (χ3n) is 3.27. The predicted octanol–water partition coefficient (Wildman–Crippen LogP) is 2.37. The Balaban J connectivity index is 1.90. The molecular formula is C14H16N2O. The van der Waals surface area contributed by atoms with Gasteiger partial charge in [-0.15, -0.1) is 0 Å². The molecule has 1 aliphatic rings. The van der Waals surface area contributed by atoms with E-state index in [1.54, 1.807) is 0 Å². The molecule has 3 heteroatoms. The van der Waals surface area contributed by atoms with Gasteiger partial charge in [0.25, 0.3) is 0 Å². The summed E-state index contributed by atoms with van der Waals surface area (Å²) in [5.74, 6) is 0.928. The van der Waals surface area contributed by atoms with Crippen molar-refractivity contribution >= 4 is 10.9 Å². The van der Waals surface area contributed by atoms with Gasteiger partial charge >= 0.3 is 0 Å². The Hall–Kier alpha value is -1.61. The minimum Gasteiger partial charge on any atom is -0.486 e. The van der Waals surface area contributed by atoms with Crippen molar-refractivity contribution < 1.29 is 4.74 Å². The Kier molecular flexibility index (Phi) is 2.48. The molecule has 17 heavy (non-hydrogen) atoms. The zero-order valence-corrected chi connectivity index (χ0v) is 9.94. The molecule has 0 aliphatic carbocycles. The monoisotopic (exact) mass is 228 g/mol. The van der Waals surface area contributed by atoms with Crippen molar-refractivity contribution in [2.24, 2.45) is 0 Å². The Labute approximate surface area is 101 Å². The average Bonchev–Trinajstić information content (AvgIpc) is 2.76. The minimum absolute atomic E-state index is 0.0735. The summed E-state index contributed by atoms with van der Waals surface area (Å²) in [7, 11) is 0. The molecule has 0 saturated carbocycles. The lowest BCUT2D eigenvalue weighted by Gasteiger charge is -2.24. The van der Waals surface area contributed by atoms with Gasteiger partial charge in [-0.05, 0) is 37.7 Å². The van der Waals surface area contributed by atoms with Crippen molar-refractivity contribution in [3.05, 3.63) is 36.5 Å². The Bertz CT molecular complexity index is 532. The number of hydrogen-bond acceptors (Lipinski definition) is 3. The summed E-state index contributed by atoms with van der Waals surface area (Å²) in [5, 5.41) is 4.46. The summed E-state index contributed by atoms with van der Waals surface area (Å²) in [6.07, 6.45) is 2.86. The molecular weight excluding hydrogens is 212 g/mol. The molecule has 1 aromatic heterocycles. The summed E-state index contributed by atoms with van der Waals surface area (Å²) in [6.45, 7) is 4.10. The standard InChI is InChI=1S/C14H16N2O/c1-14(6-8-15-10-14)17-12-4-5-13-11(9-12)3-2-7-16-13/h2-5,7,9,15H,6,8,10H2,1H3. The number of benzene rings is 1. The van der Waals surface area contributed by atoms with Gasteiger partial charge in [-0.2, -0.15) is 0 Å². The van der Waals surface area contributed by atoms with Gasteiger partial charge in [0.05, 0.1) is 5.52 Å². The van der Waals surface area contributed by atoms with Gasteiger partial charge in [0.2, 0.25) is 0 Å². The second-order valence-electron chi connectivity index (χ2n) is 4.84. The fourth-order valence-electron chi connectivity index (χ4n) is 2.28. The van der Waals surface area contributed by atoms with E-state index in [2.05, 4.69) is 29.4 Å². The van der Waals surface area contributed by atoms with Crippen LogP contribution < -0.4 is 10.1 Å². The summed E-state index contributed by atoms with van der Waals surface area (Å²) < 4.78 is 6.08. The van der Waals surface area contributed by atoms with E-state index in [-0.39, 0.29) is 5.60 Å². The first-order valence-electron chi connectivity index (χ1n) is 6.00. The highest BCUT2D eigenvalue weighted by Crippen LogP contribution is 2.26. The quantitative estimate of drug-likeness (QED) is 0.856. The van der Waals surface area contributed by atoms with Gasteiger partial charge < -0.3 is 10.1 Å². The molecule has 0 radical (unpaired) electrons. The van der Waals surface area contributed by atoms with Crippen LogP contribution in [0, 0.1) is 0 Å². The highest BCUT2D eigenvalue weighted by Gasteiger charge is 2.30. The topological polar surface area (TPSA) is 34.1 Å². The fourth-order valence-corrected chi connectivity index (χ4v) is 2.28. The summed E-state index contributed by atoms with van der Waals surface area (Å²) >= 11 is 0. The molecule has 1 atom stereocenters. The van der Waals surface area contributed by atoms with E-state index in [0.717, 1.165) is 36.2 Å². The van der Waals surface area contributed by atoms with Crippen LogP contribution in [-0.2, 0) is 0 Å². The highest BCUT2D eigenvalue weighted by atomic mass is 16.5. The first-order valence-corrected chi connectivity index (χ1v) is 6.00. The third-order valence-corrected chi connectivity index (χ3v) is 3.27. The van der Waals surface area contributed by atoms with Crippen molar-refractivity contribution in [2.45, 2.75) is 18.9 Å². The molecule has 3 rings (SSSR count). The van der Waals surface area contributed by atoms with E-state index in [1.165, 1.54) is 0 Å². The third kappa shape index (κ3) is 2.11. The lowest BCUT2D eigenvalue weighted by Crippen LogP contribution is -2.34. The largest absolute Gasteiger partial charge is 0.486 e. The lowest BCUT2D eigenvalue weighted by atomic mass is 10.1. The molecule has 1 aromatic carbocycles. The number of aromatic nitrogens is 1. The van der Waals surface area contributed by atoms with Crippen LogP contribution in [0.5, 0.6) is 5.75 Å². The van der Waals surface area contributed by atoms with E-state index >= 15 is 0 Å². The summed E-state index contributed by atoms with van der Waals surface area (Å²) in [6, 6.07) is 10.1. The molecule has 88 valence electrons. The molecule has 2 aromatic rings. The first-order chi connectivity index (χ1) is 8.25. The van der Waals surface area contributed by atoms with Gasteiger partial charge in [-0.1, -0.05) is 6.07 Å². The van der Waals surface area contributed by atoms with Crippen molar-refractivity contribution in [1.29, 1.82) is 0 Å². The number of hydrogen-bond donors (Lipinski definition) is 1. The smallest absolute Gasteiger partial charge is 0.120 e. The lowest BCUT2D eigenvalue weighted by molar-refractivity contribution is 0.111. The number of pyridine rings is 1. The molecule has 0 spiro atoms. The fraction of sp³-hybridized carbons (Fsp3) is 0.357. The summed E-state index contributed by atoms with van der Waals surface area (Å²) in [4.78, 5) is 4.30. The van der Waals surface area contributed by atoms with Crippen LogP contribution in [-0.4, -0.2) is 23.7 Å². The van der Waals surface area contributed by atoms with Crippen LogP contribution in [0.3, 0.4) is 0 Å². The van der Waals surface area contributed by atoms with Crippen molar-refractivity contribution in [1.82, 2.24) is 10.3 Å². The van der Waals surface area contributed by atoms with Gasteiger partial charge in [-0.3, -0.25) is 4.98 Å². The Morgan fingerprint density at radius 2 is 2.29 bits per heavy atom. The molecule has 1 fully saturated rings. The van der Waals surface area contributed by atoms with Crippen molar-refractivity contribution in [2.75, 3.05) is 13.1 Å². The van der Waals surface area contributed by atoms with Crippen LogP contribution in [0.25, 0.3) is 10.9 Å².